The second kappa shape index (κ2) is 4.30. The standard InChI is InChI=1S/C11H15N5/c1-7-4-8(2)10(9(3)5-7)6-12-11-13-15-16-14-11/h4-5H,6H2,1-3H3,(H2,12,13,14,15,16). The second-order valence-electron chi connectivity index (χ2n) is 3.97. The third-order valence-corrected chi connectivity index (χ3v) is 2.61. The molecular formula is C11H15N5. The number of aromatic amines is 1. The first-order valence-electron chi connectivity index (χ1n) is 5.21. The van der Waals surface area contributed by atoms with Gasteiger partial charge in [-0.2, -0.15) is 5.21 Å². The van der Waals surface area contributed by atoms with Gasteiger partial charge in [-0.25, -0.2) is 0 Å². The van der Waals surface area contributed by atoms with E-state index in [0.29, 0.717) is 5.95 Å². The SMILES string of the molecule is Cc1cc(C)c(CNc2nn[nH]n2)c(C)c1. The molecule has 5 nitrogen and oxygen atoms in total. The Balaban J connectivity index is 2.15. The summed E-state index contributed by atoms with van der Waals surface area (Å²) in [4.78, 5) is 0. The first-order chi connectivity index (χ1) is 7.66. The molecule has 5 heteroatoms. The fourth-order valence-electron chi connectivity index (χ4n) is 1.89. The molecule has 0 unspecified atom stereocenters. The Hall–Kier alpha value is -1.91. The van der Waals surface area contributed by atoms with Crippen molar-refractivity contribution in [3.63, 3.8) is 0 Å². The highest BCUT2D eigenvalue weighted by atomic mass is 15.5. The van der Waals surface area contributed by atoms with Crippen LogP contribution < -0.4 is 5.32 Å². The van der Waals surface area contributed by atoms with Crippen LogP contribution in [0.4, 0.5) is 5.95 Å². The van der Waals surface area contributed by atoms with Crippen LogP contribution in [-0.2, 0) is 6.54 Å². The van der Waals surface area contributed by atoms with E-state index in [2.05, 4.69) is 58.8 Å². The molecule has 2 N–H and O–H groups in total. The van der Waals surface area contributed by atoms with Gasteiger partial charge in [0, 0.05) is 6.54 Å². The topological polar surface area (TPSA) is 66.5 Å². The number of rotatable bonds is 3. The Labute approximate surface area is 94.3 Å². The first kappa shape index (κ1) is 10.6. The van der Waals surface area contributed by atoms with E-state index in [1.54, 1.807) is 0 Å². The molecule has 0 saturated carbocycles. The van der Waals surface area contributed by atoms with Crippen molar-refractivity contribution in [1.29, 1.82) is 0 Å². The lowest BCUT2D eigenvalue weighted by Crippen LogP contribution is -2.05. The highest BCUT2D eigenvalue weighted by Gasteiger charge is 2.04. The van der Waals surface area contributed by atoms with Gasteiger partial charge in [-0.05, 0) is 42.7 Å². The van der Waals surface area contributed by atoms with Crippen molar-refractivity contribution in [2.45, 2.75) is 27.3 Å². The van der Waals surface area contributed by atoms with Crippen molar-refractivity contribution < 1.29 is 0 Å². The Kier molecular flexibility index (Phi) is 2.85. The summed E-state index contributed by atoms with van der Waals surface area (Å²) in [6.07, 6.45) is 0. The Morgan fingerprint density at radius 3 is 2.44 bits per heavy atom. The molecule has 0 radical (unpaired) electrons. The summed E-state index contributed by atoms with van der Waals surface area (Å²) in [5.41, 5.74) is 5.15. The number of hydrogen-bond acceptors (Lipinski definition) is 4. The zero-order valence-corrected chi connectivity index (χ0v) is 9.70. The van der Waals surface area contributed by atoms with Crippen LogP contribution in [0.2, 0.25) is 0 Å². The average Bonchev–Trinajstić information content (AvgIpc) is 2.68. The van der Waals surface area contributed by atoms with Crippen LogP contribution in [0, 0.1) is 20.8 Å². The van der Waals surface area contributed by atoms with Crippen molar-refractivity contribution in [2.24, 2.45) is 0 Å². The molecule has 0 fully saturated rings. The highest BCUT2D eigenvalue weighted by molar-refractivity contribution is 5.39. The maximum Gasteiger partial charge on any atom is 0.263 e. The van der Waals surface area contributed by atoms with Gasteiger partial charge in [-0.1, -0.05) is 22.8 Å². The summed E-state index contributed by atoms with van der Waals surface area (Å²) >= 11 is 0. The van der Waals surface area contributed by atoms with Crippen LogP contribution in [0.15, 0.2) is 12.1 Å². The van der Waals surface area contributed by atoms with E-state index >= 15 is 0 Å². The predicted molar refractivity (Wildman–Crippen MR) is 62.2 cm³/mol. The van der Waals surface area contributed by atoms with Crippen LogP contribution in [0.25, 0.3) is 0 Å². The number of nitrogens with zero attached hydrogens (tertiary/aromatic N) is 3. The summed E-state index contributed by atoms with van der Waals surface area (Å²) in [5, 5.41) is 16.7. The van der Waals surface area contributed by atoms with Gasteiger partial charge in [0.05, 0.1) is 0 Å². The Morgan fingerprint density at radius 2 is 1.88 bits per heavy atom. The van der Waals surface area contributed by atoms with Crippen molar-refractivity contribution in [1.82, 2.24) is 20.6 Å². The van der Waals surface area contributed by atoms with Gasteiger partial charge >= 0.3 is 0 Å². The van der Waals surface area contributed by atoms with E-state index in [0.717, 1.165) is 6.54 Å². The van der Waals surface area contributed by atoms with Crippen molar-refractivity contribution in [3.8, 4) is 0 Å². The molecule has 2 rings (SSSR count). The van der Waals surface area contributed by atoms with Gasteiger partial charge in [0.25, 0.3) is 5.95 Å². The van der Waals surface area contributed by atoms with Gasteiger partial charge in [0.15, 0.2) is 0 Å². The van der Waals surface area contributed by atoms with Gasteiger partial charge in [0.1, 0.15) is 0 Å². The molecule has 84 valence electrons. The molecule has 0 aliphatic heterocycles. The summed E-state index contributed by atoms with van der Waals surface area (Å²) in [5.74, 6) is 0.527. The van der Waals surface area contributed by atoms with Crippen LogP contribution >= 0.6 is 0 Å². The molecule has 16 heavy (non-hydrogen) atoms. The maximum atomic E-state index is 3.85. The van der Waals surface area contributed by atoms with E-state index in [4.69, 9.17) is 0 Å². The maximum absolute atomic E-state index is 3.85. The van der Waals surface area contributed by atoms with Crippen molar-refractivity contribution >= 4 is 5.95 Å². The lowest BCUT2D eigenvalue weighted by atomic mass is 10.00. The lowest BCUT2D eigenvalue weighted by molar-refractivity contribution is 0.881. The molecule has 2 aromatic rings. The number of H-pyrrole nitrogens is 1. The second-order valence-corrected chi connectivity index (χ2v) is 3.97. The van der Waals surface area contributed by atoms with Crippen LogP contribution in [0.3, 0.4) is 0 Å². The average molecular weight is 217 g/mol. The number of anilines is 1. The zero-order valence-electron chi connectivity index (χ0n) is 9.70. The Bertz CT molecular complexity index is 452. The summed E-state index contributed by atoms with van der Waals surface area (Å²) < 4.78 is 0. The fraction of sp³-hybridized carbons (Fsp3) is 0.364. The minimum absolute atomic E-state index is 0.527. The lowest BCUT2D eigenvalue weighted by Gasteiger charge is -2.11. The molecule has 0 bridgehead atoms. The normalized spacial score (nSPS) is 10.4. The van der Waals surface area contributed by atoms with Crippen LogP contribution in [0.5, 0.6) is 0 Å². The zero-order chi connectivity index (χ0) is 11.5. The Morgan fingerprint density at radius 1 is 1.19 bits per heavy atom. The number of nitrogens with one attached hydrogen (secondary N) is 2. The monoisotopic (exact) mass is 217 g/mol. The van der Waals surface area contributed by atoms with E-state index < -0.39 is 0 Å². The third kappa shape index (κ3) is 2.18. The molecule has 0 spiro atoms. The molecule has 0 aliphatic carbocycles. The number of hydrogen-bond donors (Lipinski definition) is 2. The quantitative estimate of drug-likeness (QED) is 0.821. The predicted octanol–water partition coefficient (Wildman–Crippen LogP) is 1.74. The minimum atomic E-state index is 0.527. The van der Waals surface area contributed by atoms with Gasteiger partial charge in [0.2, 0.25) is 0 Å². The molecule has 0 atom stereocenters. The molecule has 0 aliphatic rings. The largest absolute Gasteiger partial charge is 0.348 e. The minimum Gasteiger partial charge on any atom is -0.348 e. The highest BCUT2D eigenvalue weighted by Crippen LogP contribution is 2.16. The summed E-state index contributed by atoms with van der Waals surface area (Å²) in [6.45, 7) is 7.06. The van der Waals surface area contributed by atoms with E-state index in [9.17, 15) is 0 Å². The number of benzene rings is 1. The molecule has 0 saturated heterocycles. The van der Waals surface area contributed by atoms with Gasteiger partial charge in [-0.3, -0.25) is 0 Å². The molecule has 1 aromatic carbocycles. The number of tetrazole rings is 1. The summed E-state index contributed by atoms with van der Waals surface area (Å²) in [6, 6.07) is 4.36. The van der Waals surface area contributed by atoms with E-state index in [1.807, 2.05) is 0 Å². The van der Waals surface area contributed by atoms with E-state index in [-0.39, 0.29) is 0 Å². The van der Waals surface area contributed by atoms with Crippen LogP contribution in [-0.4, -0.2) is 20.6 Å². The van der Waals surface area contributed by atoms with Gasteiger partial charge < -0.3 is 5.32 Å². The first-order valence-corrected chi connectivity index (χ1v) is 5.21. The third-order valence-electron chi connectivity index (χ3n) is 2.61. The van der Waals surface area contributed by atoms with E-state index in [1.165, 1.54) is 22.3 Å². The van der Waals surface area contributed by atoms with Gasteiger partial charge in [-0.15, -0.1) is 5.10 Å². The fourth-order valence-corrected chi connectivity index (χ4v) is 1.89. The molecule has 0 amide bonds. The van der Waals surface area contributed by atoms with Crippen LogP contribution in [0.1, 0.15) is 22.3 Å². The number of aromatic nitrogens is 4. The number of aryl methyl sites for hydroxylation is 3. The molecule has 1 heterocycles. The van der Waals surface area contributed by atoms with Crippen molar-refractivity contribution in [3.05, 3.63) is 34.4 Å². The molecular weight excluding hydrogens is 202 g/mol. The summed E-state index contributed by atoms with van der Waals surface area (Å²) in [7, 11) is 0. The van der Waals surface area contributed by atoms with Crippen molar-refractivity contribution in [2.75, 3.05) is 5.32 Å². The molecule has 1 aromatic heterocycles. The smallest absolute Gasteiger partial charge is 0.263 e.